The van der Waals surface area contributed by atoms with Crippen LogP contribution in [0, 0.1) is 12.8 Å². The van der Waals surface area contributed by atoms with Gasteiger partial charge in [-0.1, -0.05) is 18.9 Å². The van der Waals surface area contributed by atoms with Gasteiger partial charge in [-0.2, -0.15) is 0 Å². The molecule has 1 amide bonds. The number of aryl methyl sites for hydroxylation is 1. The van der Waals surface area contributed by atoms with Crippen molar-refractivity contribution in [2.75, 3.05) is 22.6 Å². The van der Waals surface area contributed by atoms with Crippen LogP contribution in [0.5, 0.6) is 0 Å². The third kappa shape index (κ3) is 4.34. The summed E-state index contributed by atoms with van der Waals surface area (Å²) < 4.78 is 11.9. The predicted octanol–water partition coefficient (Wildman–Crippen LogP) is 2.45. The first kappa shape index (κ1) is 15.0. The van der Waals surface area contributed by atoms with E-state index in [1.54, 1.807) is 6.07 Å². The molecular formula is C15H22N2O2S. The largest absolute Gasteiger partial charge is 0.398 e. The van der Waals surface area contributed by atoms with E-state index >= 15 is 0 Å². The monoisotopic (exact) mass is 294 g/mol. The summed E-state index contributed by atoms with van der Waals surface area (Å²) >= 11 is 0. The molecular weight excluding hydrogens is 272 g/mol. The quantitative estimate of drug-likeness (QED) is 0.819. The lowest BCUT2D eigenvalue weighted by atomic mass is 10.1. The fourth-order valence-electron chi connectivity index (χ4n) is 2.56. The highest BCUT2D eigenvalue weighted by Gasteiger charge is 2.19. The molecule has 3 N–H and O–H groups in total. The second kappa shape index (κ2) is 6.88. The van der Waals surface area contributed by atoms with Gasteiger partial charge >= 0.3 is 0 Å². The van der Waals surface area contributed by atoms with Crippen molar-refractivity contribution in [3.05, 3.63) is 23.8 Å². The number of carbonyl (C=O) groups excluding carboxylic acids is 1. The zero-order valence-corrected chi connectivity index (χ0v) is 12.7. The lowest BCUT2D eigenvalue weighted by Gasteiger charge is -2.10. The molecule has 0 aromatic heterocycles. The molecule has 0 spiro atoms. The minimum atomic E-state index is -1.07. The molecule has 0 saturated heterocycles. The normalized spacial score (nSPS) is 17.1. The molecule has 5 heteroatoms. The number of hydrogen-bond acceptors (Lipinski definition) is 3. The Morgan fingerprint density at radius 2 is 2.10 bits per heavy atom. The van der Waals surface area contributed by atoms with E-state index in [1.807, 2.05) is 19.1 Å². The van der Waals surface area contributed by atoms with Gasteiger partial charge in [-0.3, -0.25) is 9.00 Å². The molecule has 1 saturated carbocycles. The third-order valence-corrected chi connectivity index (χ3v) is 5.18. The van der Waals surface area contributed by atoms with Crippen molar-refractivity contribution in [1.29, 1.82) is 0 Å². The highest BCUT2D eigenvalue weighted by Crippen LogP contribution is 2.25. The van der Waals surface area contributed by atoms with E-state index in [9.17, 15) is 9.00 Å². The van der Waals surface area contributed by atoms with Crippen molar-refractivity contribution >= 4 is 28.1 Å². The van der Waals surface area contributed by atoms with Crippen LogP contribution >= 0.6 is 0 Å². The summed E-state index contributed by atoms with van der Waals surface area (Å²) in [6.45, 7) is 1.91. The van der Waals surface area contributed by atoms with Gasteiger partial charge in [0.25, 0.3) is 0 Å². The minimum Gasteiger partial charge on any atom is -0.398 e. The molecule has 1 unspecified atom stereocenters. The molecule has 2 rings (SSSR count). The smallest absolute Gasteiger partial charge is 0.236 e. The van der Waals surface area contributed by atoms with Crippen molar-refractivity contribution in [2.24, 2.45) is 5.92 Å². The van der Waals surface area contributed by atoms with E-state index in [1.165, 1.54) is 12.8 Å². The fraction of sp³-hybridized carbons (Fsp3) is 0.533. The van der Waals surface area contributed by atoms with Crippen LogP contribution in [0.1, 0.15) is 31.2 Å². The zero-order valence-electron chi connectivity index (χ0n) is 11.9. The number of nitrogen functional groups attached to an aromatic ring is 1. The Balaban J connectivity index is 1.82. The molecule has 1 fully saturated rings. The van der Waals surface area contributed by atoms with Crippen LogP contribution in [0.3, 0.4) is 0 Å². The molecule has 1 aromatic rings. The third-order valence-electron chi connectivity index (χ3n) is 3.75. The van der Waals surface area contributed by atoms with Crippen LogP contribution in [0.4, 0.5) is 11.4 Å². The van der Waals surface area contributed by atoms with Crippen LogP contribution < -0.4 is 11.1 Å². The lowest BCUT2D eigenvalue weighted by molar-refractivity contribution is -0.113. The summed E-state index contributed by atoms with van der Waals surface area (Å²) in [4.78, 5) is 11.8. The summed E-state index contributed by atoms with van der Waals surface area (Å²) in [5.41, 5.74) is 8.09. The first-order chi connectivity index (χ1) is 9.54. The van der Waals surface area contributed by atoms with Crippen molar-refractivity contribution < 1.29 is 9.00 Å². The topological polar surface area (TPSA) is 72.2 Å². The highest BCUT2D eigenvalue weighted by molar-refractivity contribution is 7.85. The Bertz CT molecular complexity index is 511. The Labute approximate surface area is 122 Å². The molecule has 0 aliphatic heterocycles. The van der Waals surface area contributed by atoms with E-state index in [0.717, 1.165) is 18.4 Å². The van der Waals surface area contributed by atoms with Crippen LogP contribution in [-0.4, -0.2) is 21.6 Å². The van der Waals surface area contributed by atoms with E-state index in [4.69, 9.17) is 5.73 Å². The van der Waals surface area contributed by atoms with Crippen LogP contribution in [0.15, 0.2) is 18.2 Å². The minimum absolute atomic E-state index is 0.0737. The first-order valence-corrected chi connectivity index (χ1v) is 8.54. The second-order valence-electron chi connectivity index (χ2n) is 5.52. The Morgan fingerprint density at radius 3 is 2.75 bits per heavy atom. The van der Waals surface area contributed by atoms with Gasteiger partial charge in [-0.25, -0.2) is 0 Å². The molecule has 1 aliphatic carbocycles. The average molecular weight is 294 g/mol. The van der Waals surface area contributed by atoms with Crippen molar-refractivity contribution in [3.8, 4) is 0 Å². The van der Waals surface area contributed by atoms with Gasteiger partial charge in [-0.15, -0.1) is 0 Å². The van der Waals surface area contributed by atoms with Gasteiger partial charge in [0, 0.05) is 27.9 Å². The van der Waals surface area contributed by atoms with E-state index in [2.05, 4.69) is 5.32 Å². The highest BCUT2D eigenvalue weighted by atomic mass is 32.2. The van der Waals surface area contributed by atoms with E-state index in [-0.39, 0.29) is 11.7 Å². The number of hydrogen-bond donors (Lipinski definition) is 2. The van der Waals surface area contributed by atoms with Crippen molar-refractivity contribution in [1.82, 2.24) is 0 Å². The van der Waals surface area contributed by atoms with E-state index < -0.39 is 10.8 Å². The number of carbonyl (C=O) groups is 1. The number of rotatable bonds is 5. The number of nitrogens with one attached hydrogen (secondary N) is 1. The maximum absolute atomic E-state index is 11.9. The van der Waals surface area contributed by atoms with Gasteiger partial charge in [0.05, 0.1) is 0 Å². The zero-order chi connectivity index (χ0) is 14.5. The molecule has 110 valence electrons. The Hall–Kier alpha value is -1.36. The number of anilines is 2. The van der Waals surface area contributed by atoms with Crippen molar-refractivity contribution in [3.63, 3.8) is 0 Å². The number of benzene rings is 1. The molecule has 4 nitrogen and oxygen atoms in total. The maximum atomic E-state index is 11.9. The summed E-state index contributed by atoms with van der Waals surface area (Å²) in [6.07, 6.45) is 4.77. The van der Waals surface area contributed by atoms with Crippen LogP contribution in [0.25, 0.3) is 0 Å². The number of amides is 1. The van der Waals surface area contributed by atoms with Gasteiger partial charge in [0.1, 0.15) is 5.75 Å². The molecule has 1 aliphatic rings. The van der Waals surface area contributed by atoms with Gasteiger partial charge in [0.2, 0.25) is 5.91 Å². The van der Waals surface area contributed by atoms with Crippen molar-refractivity contribution in [2.45, 2.75) is 32.6 Å². The van der Waals surface area contributed by atoms with E-state index in [0.29, 0.717) is 23.0 Å². The molecule has 0 heterocycles. The summed E-state index contributed by atoms with van der Waals surface area (Å²) in [6, 6.07) is 5.40. The molecule has 1 aromatic carbocycles. The van der Waals surface area contributed by atoms with Gasteiger partial charge < -0.3 is 11.1 Å². The summed E-state index contributed by atoms with van der Waals surface area (Å²) in [5.74, 6) is 1.07. The molecule has 20 heavy (non-hydrogen) atoms. The predicted molar refractivity (Wildman–Crippen MR) is 84.1 cm³/mol. The number of nitrogens with two attached hydrogens (primary N) is 1. The Morgan fingerprint density at radius 1 is 1.40 bits per heavy atom. The SMILES string of the molecule is Cc1ccc(NC(=O)CS(=O)CC2CCCC2)cc1N. The average Bonchev–Trinajstić information content (AvgIpc) is 2.86. The summed E-state index contributed by atoms with van der Waals surface area (Å²) in [7, 11) is -1.07. The lowest BCUT2D eigenvalue weighted by Crippen LogP contribution is -2.22. The maximum Gasteiger partial charge on any atom is 0.236 e. The molecule has 0 bridgehead atoms. The van der Waals surface area contributed by atoms with Gasteiger partial charge in [-0.05, 0) is 43.4 Å². The van der Waals surface area contributed by atoms with Crippen LogP contribution in [-0.2, 0) is 15.6 Å². The fourth-order valence-corrected chi connectivity index (χ4v) is 3.90. The molecule has 1 atom stereocenters. The molecule has 0 radical (unpaired) electrons. The Kier molecular flexibility index (Phi) is 5.17. The van der Waals surface area contributed by atoms with Gasteiger partial charge in [0.15, 0.2) is 0 Å². The first-order valence-electron chi connectivity index (χ1n) is 7.05. The second-order valence-corrected chi connectivity index (χ2v) is 7.02. The standard InChI is InChI=1S/C15H22N2O2S/c1-11-6-7-13(8-14(11)16)17-15(18)10-20(19)9-12-4-2-3-5-12/h6-8,12H,2-5,9-10,16H2,1H3,(H,17,18). The summed E-state index contributed by atoms with van der Waals surface area (Å²) in [5, 5.41) is 2.75. The van der Waals surface area contributed by atoms with Crippen LogP contribution in [0.2, 0.25) is 0 Å².